The Balaban J connectivity index is 2.02. The van der Waals surface area contributed by atoms with Gasteiger partial charge in [0.2, 0.25) is 0 Å². The number of nitrogens with zero attached hydrogens (tertiary/aromatic N) is 1. The largest absolute Gasteiger partial charge is 0.382 e. The third-order valence-electron chi connectivity index (χ3n) is 3.25. The lowest BCUT2D eigenvalue weighted by Crippen LogP contribution is -2.47. The van der Waals surface area contributed by atoms with Crippen molar-refractivity contribution in [2.45, 2.75) is 24.0 Å². The topological polar surface area (TPSA) is 42.0 Å². The van der Waals surface area contributed by atoms with Gasteiger partial charge < -0.3 is 5.32 Å². The first-order valence-corrected chi connectivity index (χ1v) is 7.25. The second-order valence-corrected chi connectivity index (χ2v) is 6.38. The number of halogens is 1. The number of aromatic nitrogens is 1. The molecule has 1 saturated carbocycles. The van der Waals surface area contributed by atoms with E-state index >= 15 is 0 Å². The number of hydrogen-bond donors (Lipinski definition) is 1. The molecule has 0 aliphatic heterocycles. The molecule has 1 aliphatic carbocycles. The highest BCUT2D eigenvalue weighted by Gasteiger charge is 2.40. The summed E-state index contributed by atoms with van der Waals surface area (Å²) in [5, 5.41) is 3.88. The van der Waals surface area contributed by atoms with Crippen LogP contribution in [0.15, 0.2) is 18.5 Å². The summed E-state index contributed by atoms with van der Waals surface area (Å²) >= 11 is 5.99. The number of pyridine rings is 1. The van der Waals surface area contributed by atoms with Crippen LogP contribution in [0.3, 0.4) is 0 Å². The van der Waals surface area contributed by atoms with Crippen LogP contribution >= 0.6 is 11.6 Å². The van der Waals surface area contributed by atoms with Crippen LogP contribution in [0.5, 0.6) is 0 Å². The molecular weight excluding hydrogens is 244 g/mol. The maximum atomic E-state index is 11.7. The summed E-state index contributed by atoms with van der Waals surface area (Å²) in [5.41, 5.74) is 0.869. The highest BCUT2D eigenvalue weighted by Crippen LogP contribution is 2.37. The van der Waals surface area contributed by atoms with Crippen molar-refractivity contribution < 1.29 is 4.21 Å². The Hall–Kier alpha value is -0.610. The number of hydrogen-bond acceptors (Lipinski definition) is 3. The van der Waals surface area contributed by atoms with E-state index in [1.807, 2.05) is 6.07 Å². The minimum atomic E-state index is -0.784. The lowest BCUT2D eigenvalue weighted by atomic mass is 9.84. The normalized spacial score (nSPS) is 19.9. The van der Waals surface area contributed by atoms with E-state index in [0.717, 1.165) is 25.1 Å². The molecule has 5 heteroatoms. The van der Waals surface area contributed by atoms with Gasteiger partial charge in [-0.1, -0.05) is 18.0 Å². The zero-order valence-corrected chi connectivity index (χ0v) is 10.8. The van der Waals surface area contributed by atoms with Gasteiger partial charge in [0.25, 0.3) is 0 Å². The van der Waals surface area contributed by atoms with E-state index in [1.54, 1.807) is 18.6 Å². The van der Waals surface area contributed by atoms with Gasteiger partial charge in [-0.25, -0.2) is 0 Å². The zero-order chi connectivity index (χ0) is 11.6. The smallest absolute Gasteiger partial charge is 0.0820 e. The Morgan fingerprint density at radius 1 is 1.62 bits per heavy atom. The number of nitrogens with one attached hydrogen (secondary N) is 1. The molecule has 16 heavy (non-hydrogen) atoms. The third kappa shape index (κ3) is 2.23. The molecule has 1 aromatic rings. The van der Waals surface area contributed by atoms with Crippen LogP contribution in [0.2, 0.25) is 5.02 Å². The van der Waals surface area contributed by atoms with E-state index in [9.17, 15) is 4.21 Å². The summed E-state index contributed by atoms with van der Waals surface area (Å²) in [4.78, 5) is 3.93. The molecule has 0 radical (unpaired) electrons. The first kappa shape index (κ1) is 11.9. The van der Waals surface area contributed by atoms with Gasteiger partial charge in [-0.3, -0.25) is 9.19 Å². The summed E-state index contributed by atoms with van der Waals surface area (Å²) in [6.45, 7) is 0.722. The van der Waals surface area contributed by atoms with Crippen LogP contribution in [0.4, 0.5) is 5.69 Å². The second kappa shape index (κ2) is 4.72. The Labute approximate surface area is 103 Å². The quantitative estimate of drug-likeness (QED) is 0.902. The maximum Gasteiger partial charge on any atom is 0.0820 e. The second-order valence-electron chi connectivity index (χ2n) is 4.20. The van der Waals surface area contributed by atoms with Gasteiger partial charge in [-0.15, -0.1) is 0 Å². The summed E-state index contributed by atoms with van der Waals surface area (Å²) in [5.74, 6) is 0. The number of anilines is 1. The van der Waals surface area contributed by atoms with E-state index < -0.39 is 10.8 Å². The zero-order valence-electron chi connectivity index (χ0n) is 9.20. The first-order valence-electron chi connectivity index (χ1n) is 5.31. The van der Waals surface area contributed by atoms with Gasteiger partial charge >= 0.3 is 0 Å². The molecule has 1 heterocycles. The van der Waals surface area contributed by atoms with Crippen LogP contribution in [-0.4, -0.2) is 26.7 Å². The van der Waals surface area contributed by atoms with Crippen molar-refractivity contribution in [3.05, 3.63) is 23.5 Å². The van der Waals surface area contributed by atoms with E-state index in [2.05, 4.69) is 10.3 Å². The van der Waals surface area contributed by atoms with Crippen LogP contribution in [0, 0.1) is 0 Å². The number of rotatable bonds is 4. The van der Waals surface area contributed by atoms with Crippen molar-refractivity contribution in [3.63, 3.8) is 0 Å². The van der Waals surface area contributed by atoms with Crippen molar-refractivity contribution in [3.8, 4) is 0 Å². The Kier molecular flexibility index (Phi) is 3.50. The van der Waals surface area contributed by atoms with Gasteiger partial charge in [0, 0.05) is 36.0 Å². The van der Waals surface area contributed by atoms with Crippen LogP contribution in [-0.2, 0) is 10.8 Å². The molecule has 0 aromatic carbocycles. The fourth-order valence-electron chi connectivity index (χ4n) is 1.91. The highest BCUT2D eigenvalue weighted by molar-refractivity contribution is 7.85. The maximum absolute atomic E-state index is 11.7. The molecule has 1 fully saturated rings. The summed E-state index contributed by atoms with van der Waals surface area (Å²) in [6, 6.07) is 1.84. The predicted molar refractivity (Wildman–Crippen MR) is 68.4 cm³/mol. The average Bonchev–Trinajstić information content (AvgIpc) is 2.18. The fourth-order valence-corrected chi connectivity index (χ4v) is 3.24. The Bertz CT molecular complexity index is 407. The molecule has 0 spiro atoms. The van der Waals surface area contributed by atoms with E-state index in [4.69, 9.17) is 11.6 Å². The fraction of sp³-hybridized carbons (Fsp3) is 0.545. The molecule has 1 aromatic heterocycles. The average molecular weight is 259 g/mol. The Morgan fingerprint density at radius 3 is 2.88 bits per heavy atom. The summed E-state index contributed by atoms with van der Waals surface area (Å²) < 4.78 is 11.6. The molecule has 1 atom stereocenters. The van der Waals surface area contributed by atoms with Gasteiger partial charge in [-0.05, 0) is 18.9 Å². The molecular formula is C11H15ClN2OS. The predicted octanol–water partition coefficient (Wildman–Crippen LogP) is 2.45. The molecule has 3 nitrogen and oxygen atoms in total. The molecule has 0 bridgehead atoms. The molecule has 1 N–H and O–H groups in total. The van der Waals surface area contributed by atoms with Crippen molar-refractivity contribution >= 4 is 28.1 Å². The minimum absolute atomic E-state index is 0.0490. The van der Waals surface area contributed by atoms with Gasteiger partial charge in [0.15, 0.2) is 0 Å². The molecule has 0 saturated heterocycles. The molecule has 1 aliphatic rings. The Morgan fingerprint density at radius 2 is 2.38 bits per heavy atom. The third-order valence-corrected chi connectivity index (χ3v) is 5.32. The highest BCUT2D eigenvalue weighted by atomic mass is 35.5. The molecule has 0 amide bonds. The van der Waals surface area contributed by atoms with E-state index in [-0.39, 0.29) is 4.75 Å². The van der Waals surface area contributed by atoms with Crippen molar-refractivity contribution in [2.24, 2.45) is 0 Å². The summed E-state index contributed by atoms with van der Waals surface area (Å²) in [7, 11) is -0.784. The van der Waals surface area contributed by atoms with Crippen LogP contribution in [0.25, 0.3) is 0 Å². The SMILES string of the molecule is CS(=O)C1(CNc2ccncc2Cl)CCC1. The van der Waals surface area contributed by atoms with Crippen LogP contribution < -0.4 is 5.32 Å². The first-order chi connectivity index (χ1) is 7.64. The monoisotopic (exact) mass is 258 g/mol. The molecule has 88 valence electrons. The lowest BCUT2D eigenvalue weighted by molar-refractivity contribution is 0.368. The molecule has 1 unspecified atom stereocenters. The lowest BCUT2D eigenvalue weighted by Gasteiger charge is -2.40. The van der Waals surface area contributed by atoms with Crippen molar-refractivity contribution in [2.75, 3.05) is 18.1 Å². The van der Waals surface area contributed by atoms with Crippen molar-refractivity contribution in [1.82, 2.24) is 4.98 Å². The van der Waals surface area contributed by atoms with E-state index in [1.165, 1.54) is 6.42 Å². The van der Waals surface area contributed by atoms with Gasteiger partial charge in [-0.2, -0.15) is 0 Å². The van der Waals surface area contributed by atoms with E-state index in [0.29, 0.717) is 5.02 Å². The molecule has 2 rings (SSSR count). The van der Waals surface area contributed by atoms with Gasteiger partial charge in [0.1, 0.15) is 0 Å². The van der Waals surface area contributed by atoms with Gasteiger partial charge in [0.05, 0.1) is 15.5 Å². The standard InChI is InChI=1S/C11H15ClN2OS/c1-16(15)11(4-2-5-11)8-14-10-3-6-13-7-9(10)12/h3,6-7H,2,4-5,8H2,1H3,(H,13,14). The van der Waals surface area contributed by atoms with Crippen molar-refractivity contribution in [1.29, 1.82) is 0 Å². The van der Waals surface area contributed by atoms with Crippen LogP contribution in [0.1, 0.15) is 19.3 Å². The summed E-state index contributed by atoms with van der Waals surface area (Å²) in [6.07, 6.45) is 8.34. The minimum Gasteiger partial charge on any atom is -0.382 e.